The fourth-order valence-electron chi connectivity index (χ4n) is 0.748. The first-order valence-electron chi connectivity index (χ1n) is 3.38. The molecule has 0 atom stereocenters. The second-order valence-corrected chi connectivity index (χ2v) is 2.21. The van der Waals surface area contributed by atoms with Crippen LogP contribution in [0.2, 0.25) is 0 Å². The zero-order valence-corrected chi connectivity index (χ0v) is 5.60. The number of benzene rings is 1. The first-order valence-corrected chi connectivity index (χ1v) is 2.88. The molecule has 0 saturated heterocycles. The molecule has 0 radical (unpaired) electrons. The van der Waals surface area contributed by atoms with Crippen molar-refractivity contribution in [3.05, 3.63) is 29.3 Å². The Bertz CT molecular complexity index is 232. The van der Waals surface area contributed by atoms with Crippen molar-refractivity contribution in [1.82, 2.24) is 0 Å². The van der Waals surface area contributed by atoms with Crippen molar-refractivity contribution >= 4 is 0 Å². The molecule has 0 fully saturated rings. The Morgan fingerprint density at radius 3 is 2.78 bits per heavy atom. The van der Waals surface area contributed by atoms with Gasteiger partial charge in [0, 0.05) is 0 Å². The van der Waals surface area contributed by atoms with E-state index in [1.165, 1.54) is 0 Å². The molecule has 1 N–H and O–H groups in total. The Hall–Kier alpha value is -0.980. The van der Waals surface area contributed by atoms with Crippen LogP contribution in [0.1, 0.15) is 12.5 Å². The van der Waals surface area contributed by atoms with Crippen molar-refractivity contribution in [2.24, 2.45) is 0 Å². The third-order valence-electron chi connectivity index (χ3n) is 1.25. The summed E-state index contributed by atoms with van der Waals surface area (Å²) in [6.45, 7) is 3.70. The molecular formula is C8H10O. The zero-order chi connectivity index (χ0) is 7.72. The summed E-state index contributed by atoms with van der Waals surface area (Å²) < 4.78 is 7.25. The molecule has 0 aliphatic rings. The lowest BCUT2D eigenvalue weighted by molar-refractivity contribution is 0.471. The number of rotatable bonds is 0. The van der Waals surface area contributed by atoms with Crippen LogP contribution in [0.4, 0.5) is 0 Å². The van der Waals surface area contributed by atoms with E-state index in [0.29, 0.717) is 0 Å². The maximum atomic E-state index is 9.14. The fourth-order valence-corrected chi connectivity index (χ4v) is 0.748. The fraction of sp³-hybridized carbons (Fsp3) is 0.250. The molecular weight excluding hydrogens is 112 g/mol. The molecule has 1 aromatic carbocycles. The molecule has 0 aliphatic heterocycles. The van der Waals surface area contributed by atoms with Crippen molar-refractivity contribution in [2.75, 3.05) is 0 Å². The summed E-state index contributed by atoms with van der Waals surface area (Å²) in [5.74, 6) is 0.0885. The van der Waals surface area contributed by atoms with Crippen LogP contribution >= 0.6 is 0 Å². The minimum atomic E-state index is 0.0885. The van der Waals surface area contributed by atoms with Gasteiger partial charge in [0.1, 0.15) is 5.75 Å². The molecule has 1 rings (SSSR count). The van der Waals surface area contributed by atoms with Gasteiger partial charge in [0.05, 0.1) is 1.37 Å². The maximum Gasteiger partial charge on any atom is 0.118 e. The third kappa shape index (κ3) is 1.22. The topological polar surface area (TPSA) is 20.2 Å². The summed E-state index contributed by atoms with van der Waals surface area (Å²) in [7, 11) is 0. The van der Waals surface area contributed by atoms with Crippen molar-refractivity contribution < 1.29 is 6.48 Å². The van der Waals surface area contributed by atoms with Gasteiger partial charge in [0.25, 0.3) is 0 Å². The quantitative estimate of drug-likeness (QED) is 0.559. The summed E-state index contributed by atoms with van der Waals surface area (Å²) in [5.41, 5.74) is 1.78. The van der Waals surface area contributed by atoms with Gasteiger partial charge in [-0.1, -0.05) is 17.7 Å². The first-order chi connectivity index (χ1) is 4.61. The second-order valence-electron chi connectivity index (χ2n) is 2.21. The monoisotopic (exact) mass is 123 g/mol. The second kappa shape index (κ2) is 2.09. The average Bonchev–Trinajstić information content (AvgIpc) is 1.82. The Morgan fingerprint density at radius 1 is 1.56 bits per heavy atom. The molecule has 0 amide bonds. The lowest BCUT2D eigenvalue weighted by Gasteiger charge is -1.97. The molecule has 0 spiro atoms. The van der Waals surface area contributed by atoms with E-state index in [1.807, 2.05) is 13.0 Å². The van der Waals surface area contributed by atoms with Gasteiger partial charge in [0.2, 0.25) is 0 Å². The van der Waals surface area contributed by atoms with Crippen LogP contribution in [0.15, 0.2) is 18.2 Å². The van der Waals surface area contributed by atoms with Gasteiger partial charge in [-0.2, -0.15) is 0 Å². The van der Waals surface area contributed by atoms with Crippen LogP contribution in [0.5, 0.6) is 5.75 Å². The van der Waals surface area contributed by atoms with Gasteiger partial charge in [-0.25, -0.2) is 0 Å². The predicted octanol–water partition coefficient (Wildman–Crippen LogP) is 2.01. The van der Waals surface area contributed by atoms with Crippen LogP contribution in [-0.2, 0) is 0 Å². The summed E-state index contributed by atoms with van der Waals surface area (Å²) >= 11 is 0. The molecule has 1 aromatic rings. The number of phenolic OH excluding ortho intramolecular Hbond substituents is 1. The maximum absolute atomic E-state index is 9.14. The standard InChI is InChI=1S/C8H10O/c1-6-3-4-8(9)7(2)5-6/h3-5,9H,1-2H3/i4D. The molecule has 48 valence electrons. The summed E-state index contributed by atoms with van der Waals surface area (Å²) in [4.78, 5) is 0. The summed E-state index contributed by atoms with van der Waals surface area (Å²) in [5, 5.41) is 9.14. The molecule has 0 saturated carbocycles. The van der Waals surface area contributed by atoms with Gasteiger partial charge in [-0.3, -0.25) is 0 Å². The Labute approximate surface area is 56.4 Å². The molecule has 1 nitrogen and oxygen atoms in total. The van der Waals surface area contributed by atoms with E-state index >= 15 is 0 Å². The number of aromatic hydroxyl groups is 1. The number of hydrogen-bond donors (Lipinski definition) is 1. The molecule has 1 heteroatoms. The molecule has 0 aromatic heterocycles. The van der Waals surface area contributed by atoms with Gasteiger partial charge in [-0.15, -0.1) is 0 Å². The Kier molecular flexibility index (Phi) is 1.13. The minimum Gasteiger partial charge on any atom is -0.508 e. The normalized spacial score (nSPS) is 11.1. The van der Waals surface area contributed by atoms with Crippen LogP contribution in [-0.4, -0.2) is 5.11 Å². The van der Waals surface area contributed by atoms with E-state index in [9.17, 15) is 0 Å². The van der Waals surface area contributed by atoms with Gasteiger partial charge in [-0.05, 0) is 25.5 Å². The highest BCUT2D eigenvalue weighted by atomic mass is 16.3. The molecule has 0 unspecified atom stereocenters. The lowest BCUT2D eigenvalue weighted by Crippen LogP contribution is -1.75. The Balaban J connectivity index is 3.31. The van der Waals surface area contributed by atoms with Gasteiger partial charge >= 0.3 is 0 Å². The summed E-state index contributed by atoms with van der Waals surface area (Å²) in [6, 6.07) is 3.70. The highest BCUT2D eigenvalue weighted by Gasteiger charge is 1.91. The first kappa shape index (κ1) is 4.86. The van der Waals surface area contributed by atoms with E-state index in [1.54, 1.807) is 13.0 Å². The van der Waals surface area contributed by atoms with Crippen LogP contribution < -0.4 is 0 Å². The number of aryl methyl sites for hydroxylation is 2. The minimum absolute atomic E-state index is 0.0885. The van der Waals surface area contributed by atoms with Gasteiger partial charge in [0.15, 0.2) is 0 Å². The molecule has 0 aliphatic carbocycles. The van der Waals surface area contributed by atoms with Crippen LogP contribution in [0.25, 0.3) is 0 Å². The molecule has 9 heavy (non-hydrogen) atoms. The smallest absolute Gasteiger partial charge is 0.118 e. The average molecular weight is 123 g/mol. The SMILES string of the molecule is [2H]c1cc(C)cc(C)c1O. The third-order valence-corrected chi connectivity index (χ3v) is 1.25. The lowest BCUT2D eigenvalue weighted by atomic mass is 10.1. The van der Waals surface area contributed by atoms with Crippen molar-refractivity contribution in [3.8, 4) is 5.75 Å². The number of hydrogen-bond acceptors (Lipinski definition) is 1. The van der Waals surface area contributed by atoms with E-state index in [4.69, 9.17) is 6.48 Å². The van der Waals surface area contributed by atoms with Crippen LogP contribution in [0.3, 0.4) is 0 Å². The van der Waals surface area contributed by atoms with Crippen molar-refractivity contribution in [1.29, 1.82) is 0 Å². The zero-order valence-electron chi connectivity index (χ0n) is 6.60. The predicted molar refractivity (Wildman–Crippen MR) is 37.6 cm³/mol. The van der Waals surface area contributed by atoms with Crippen molar-refractivity contribution in [3.63, 3.8) is 0 Å². The van der Waals surface area contributed by atoms with Gasteiger partial charge < -0.3 is 5.11 Å². The van der Waals surface area contributed by atoms with Crippen molar-refractivity contribution in [2.45, 2.75) is 13.8 Å². The molecule has 0 bridgehead atoms. The van der Waals surface area contributed by atoms with E-state index < -0.39 is 0 Å². The van der Waals surface area contributed by atoms with E-state index in [2.05, 4.69) is 0 Å². The highest BCUT2D eigenvalue weighted by molar-refractivity contribution is 5.34. The number of phenols is 1. The van der Waals surface area contributed by atoms with E-state index in [0.717, 1.165) is 11.1 Å². The van der Waals surface area contributed by atoms with E-state index in [-0.39, 0.29) is 11.8 Å². The highest BCUT2D eigenvalue weighted by Crippen LogP contribution is 2.15. The van der Waals surface area contributed by atoms with Crippen LogP contribution in [0, 0.1) is 13.8 Å². The largest absolute Gasteiger partial charge is 0.508 e. The molecule has 0 heterocycles. The summed E-state index contributed by atoms with van der Waals surface area (Å²) in [6.07, 6.45) is 0. The Morgan fingerprint density at radius 2 is 2.22 bits per heavy atom.